The fourth-order valence-corrected chi connectivity index (χ4v) is 4.02. The second kappa shape index (κ2) is 11.2. The maximum absolute atomic E-state index is 13.5. The summed E-state index contributed by atoms with van der Waals surface area (Å²) >= 11 is 1.30. The Morgan fingerprint density at radius 3 is 2.06 bits per heavy atom. The van der Waals surface area contributed by atoms with Gasteiger partial charge in [-0.15, -0.1) is 0 Å². The van der Waals surface area contributed by atoms with Crippen LogP contribution in [0.15, 0.2) is 89.3 Å². The van der Waals surface area contributed by atoms with Crippen LogP contribution >= 0.6 is 11.8 Å². The Labute approximate surface area is 186 Å². The molecule has 2 amide bonds. The van der Waals surface area contributed by atoms with Crippen molar-refractivity contribution in [2.24, 2.45) is 4.99 Å². The largest absolute Gasteiger partial charge is 0.338 e. The lowest BCUT2D eigenvalue weighted by molar-refractivity contribution is -0.123. The van der Waals surface area contributed by atoms with Crippen molar-refractivity contribution < 1.29 is 9.59 Å². The van der Waals surface area contributed by atoms with E-state index in [4.69, 9.17) is 0 Å². The summed E-state index contributed by atoms with van der Waals surface area (Å²) in [5.41, 5.74) is 1.45. The smallest absolute Gasteiger partial charge is 0.277 e. The molecule has 0 aliphatic carbocycles. The van der Waals surface area contributed by atoms with Crippen LogP contribution in [0, 0.1) is 0 Å². The van der Waals surface area contributed by atoms with Crippen molar-refractivity contribution >= 4 is 29.3 Å². The van der Waals surface area contributed by atoms with Crippen molar-refractivity contribution in [3.63, 3.8) is 0 Å². The molecule has 3 rings (SSSR count). The second-order valence-electron chi connectivity index (χ2n) is 6.59. The molecule has 1 atom stereocenters. The summed E-state index contributed by atoms with van der Waals surface area (Å²) in [4.78, 5) is 41.0. The molecule has 0 saturated heterocycles. The van der Waals surface area contributed by atoms with Gasteiger partial charge in [-0.05, 0) is 37.6 Å². The summed E-state index contributed by atoms with van der Waals surface area (Å²) in [6.07, 6.45) is 3.30. The SMILES string of the molecule is CCN(CC)C(=O)C(=NC(=O)c1ccccc1)C(Sc1ncccn1)c1ccccc1. The van der Waals surface area contributed by atoms with Crippen molar-refractivity contribution in [3.8, 4) is 0 Å². The van der Waals surface area contributed by atoms with E-state index >= 15 is 0 Å². The van der Waals surface area contributed by atoms with Gasteiger partial charge in [-0.3, -0.25) is 9.59 Å². The summed E-state index contributed by atoms with van der Waals surface area (Å²) in [6, 6.07) is 20.0. The van der Waals surface area contributed by atoms with Crippen LogP contribution in [0.4, 0.5) is 0 Å². The van der Waals surface area contributed by atoms with Crippen molar-refractivity contribution in [3.05, 3.63) is 90.3 Å². The summed E-state index contributed by atoms with van der Waals surface area (Å²) in [7, 11) is 0. The number of thioether (sulfide) groups is 1. The van der Waals surface area contributed by atoms with Gasteiger partial charge >= 0.3 is 0 Å². The highest BCUT2D eigenvalue weighted by molar-refractivity contribution is 8.00. The van der Waals surface area contributed by atoms with Gasteiger partial charge in [-0.1, -0.05) is 60.3 Å². The van der Waals surface area contributed by atoms with E-state index in [9.17, 15) is 9.59 Å². The van der Waals surface area contributed by atoms with Crippen LogP contribution in [-0.2, 0) is 4.79 Å². The lowest BCUT2D eigenvalue weighted by Crippen LogP contribution is -2.38. The van der Waals surface area contributed by atoms with E-state index in [0.717, 1.165) is 5.56 Å². The third-order valence-electron chi connectivity index (χ3n) is 4.63. The highest BCUT2D eigenvalue weighted by Crippen LogP contribution is 2.35. The minimum atomic E-state index is -0.538. The lowest BCUT2D eigenvalue weighted by Gasteiger charge is -2.24. The Morgan fingerprint density at radius 2 is 1.48 bits per heavy atom. The number of hydrogen-bond donors (Lipinski definition) is 0. The Bertz CT molecular complexity index is 1020. The molecule has 7 heteroatoms. The zero-order chi connectivity index (χ0) is 22.1. The molecule has 1 aromatic heterocycles. The monoisotopic (exact) mass is 432 g/mol. The number of benzene rings is 2. The maximum Gasteiger partial charge on any atom is 0.277 e. The van der Waals surface area contributed by atoms with Crippen molar-refractivity contribution in [2.45, 2.75) is 24.3 Å². The number of aromatic nitrogens is 2. The highest BCUT2D eigenvalue weighted by atomic mass is 32.2. The molecule has 2 aromatic carbocycles. The van der Waals surface area contributed by atoms with E-state index in [2.05, 4.69) is 15.0 Å². The number of aliphatic imine (C=N–C) groups is 1. The molecule has 0 N–H and O–H groups in total. The van der Waals surface area contributed by atoms with Gasteiger partial charge in [0.05, 0.1) is 5.25 Å². The number of carbonyl (C=O) groups excluding carboxylic acids is 2. The zero-order valence-electron chi connectivity index (χ0n) is 17.5. The first-order chi connectivity index (χ1) is 15.1. The topological polar surface area (TPSA) is 75.5 Å². The molecule has 0 bridgehead atoms. The van der Waals surface area contributed by atoms with E-state index in [-0.39, 0.29) is 11.6 Å². The summed E-state index contributed by atoms with van der Waals surface area (Å²) < 4.78 is 0. The van der Waals surface area contributed by atoms with E-state index in [1.165, 1.54) is 11.8 Å². The number of hydrogen-bond acceptors (Lipinski definition) is 5. The molecular weight excluding hydrogens is 408 g/mol. The average molecular weight is 433 g/mol. The molecular formula is C24H24N4O2S. The predicted octanol–water partition coefficient (Wildman–Crippen LogP) is 4.46. The van der Waals surface area contributed by atoms with Crippen LogP contribution in [0.3, 0.4) is 0 Å². The van der Waals surface area contributed by atoms with Gasteiger partial charge in [-0.2, -0.15) is 0 Å². The Kier molecular flexibility index (Phi) is 8.06. The summed E-state index contributed by atoms with van der Waals surface area (Å²) in [5.74, 6) is -0.724. The first-order valence-electron chi connectivity index (χ1n) is 10.1. The quantitative estimate of drug-likeness (QED) is 0.298. The number of amides is 2. The van der Waals surface area contributed by atoms with Crippen LogP contribution in [0.25, 0.3) is 0 Å². The van der Waals surface area contributed by atoms with Gasteiger partial charge in [0.1, 0.15) is 5.71 Å². The third kappa shape index (κ3) is 5.86. The molecule has 6 nitrogen and oxygen atoms in total. The van der Waals surface area contributed by atoms with Crippen LogP contribution in [0.1, 0.15) is 35.0 Å². The van der Waals surface area contributed by atoms with E-state index < -0.39 is 11.2 Å². The second-order valence-corrected chi connectivity index (χ2v) is 7.66. The maximum atomic E-state index is 13.5. The molecule has 0 aliphatic rings. The summed E-state index contributed by atoms with van der Waals surface area (Å²) in [6.45, 7) is 4.84. The summed E-state index contributed by atoms with van der Waals surface area (Å²) in [5, 5.41) is -0.0343. The highest BCUT2D eigenvalue weighted by Gasteiger charge is 2.30. The van der Waals surface area contributed by atoms with Gasteiger partial charge in [0.2, 0.25) is 0 Å². The molecule has 0 saturated carbocycles. The molecule has 31 heavy (non-hydrogen) atoms. The molecule has 0 spiro atoms. The van der Waals surface area contributed by atoms with Gasteiger partial charge in [0.25, 0.3) is 11.8 Å². The molecule has 3 aromatic rings. The molecule has 1 unspecified atom stereocenters. The van der Waals surface area contributed by atoms with Gasteiger partial charge in [-0.25, -0.2) is 15.0 Å². The van der Waals surface area contributed by atoms with Crippen LogP contribution in [0.5, 0.6) is 0 Å². The first kappa shape index (κ1) is 22.4. The Balaban J connectivity index is 2.11. The van der Waals surface area contributed by atoms with Gasteiger partial charge in [0, 0.05) is 31.0 Å². The number of nitrogens with zero attached hydrogens (tertiary/aromatic N) is 4. The fraction of sp³-hybridized carbons (Fsp3) is 0.208. The molecule has 1 heterocycles. The first-order valence-corrected chi connectivity index (χ1v) is 11.0. The fourth-order valence-electron chi connectivity index (χ4n) is 3.01. The molecule has 158 valence electrons. The minimum absolute atomic E-state index is 0.168. The van der Waals surface area contributed by atoms with Gasteiger partial charge in [0.15, 0.2) is 5.16 Å². The van der Waals surface area contributed by atoms with Crippen LogP contribution in [0.2, 0.25) is 0 Å². The standard InChI is InChI=1S/C24H24N4O2S/c1-3-28(4-2)23(30)20(27-22(29)19-14-9-6-10-15-19)21(18-12-7-5-8-13-18)31-24-25-16-11-17-26-24/h5-17,21H,3-4H2,1-2H3. The van der Waals surface area contributed by atoms with Crippen LogP contribution < -0.4 is 0 Å². The average Bonchev–Trinajstić information content (AvgIpc) is 2.83. The normalized spacial score (nSPS) is 12.3. The molecule has 0 fully saturated rings. The van der Waals surface area contributed by atoms with E-state index in [1.807, 2.05) is 50.2 Å². The lowest BCUT2D eigenvalue weighted by atomic mass is 10.1. The van der Waals surface area contributed by atoms with E-state index in [1.54, 1.807) is 47.6 Å². The predicted molar refractivity (Wildman–Crippen MR) is 123 cm³/mol. The van der Waals surface area contributed by atoms with Gasteiger partial charge < -0.3 is 4.90 Å². The Hall–Kier alpha value is -3.32. The molecule has 0 radical (unpaired) electrons. The van der Waals surface area contributed by atoms with E-state index in [0.29, 0.717) is 23.8 Å². The zero-order valence-corrected chi connectivity index (χ0v) is 18.3. The van der Waals surface area contributed by atoms with Crippen LogP contribution in [-0.4, -0.2) is 45.5 Å². The number of rotatable bonds is 8. The number of carbonyl (C=O) groups is 2. The van der Waals surface area contributed by atoms with Crippen molar-refractivity contribution in [2.75, 3.05) is 13.1 Å². The Morgan fingerprint density at radius 1 is 0.903 bits per heavy atom. The minimum Gasteiger partial charge on any atom is -0.338 e. The third-order valence-corrected chi connectivity index (χ3v) is 5.78. The van der Waals surface area contributed by atoms with Crippen molar-refractivity contribution in [1.82, 2.24) is 14.9 Å². The molecule has 0 aliphatic heterocycles. The van der Waals surface area contributed by atoms with Crippen molar-refractivity contribution in [1.29, 1.82) is 0 Å².